The summed E-state index contributed by atoms with van der Waals surface area (Å²) in [5, 5.41) is 24.0. The fourth-order valence-electron chi connectivity index (χ4n) is 1.61. The molecule has 0 spiro atoms. The summed E-state index contributed by atoms with van der Waals surface area (Å²) >= 11 is 0. The topological polar surface area (TPSA) is 97.0 Å². The smallest absolute Gasteiger partial charge is 0.269 e. The molecule has 0 fully saturated rings. The van der Waals surface area contributed by atoms with Crippen LogP contribution >= 0.6 is 0 Å². The van der Waals surface area contributed by atoms with E-state index in [-0.39, 0.29) is 11.4 Å². The van der Waals surface area contributed by atoms with E-state index >= 15 is 0 Å². The summed E-state index contributed by atoms with van der Waals surface area (Å²) in [6, 6.07) is 10.7. The minimum atomic E-state index is -0.463. The Hall–Kier alpha value is -3.09. The van der Waals surface area contributed by atoms with Gasteiger partial charge in [-0.3, -0.25) is 15.5 Å². The van der Waals surface area contributed by atoms with Gasteiger partial charge in [0.05, 0.1) is 23.9 Å². The van der Waals surface area contributed by atoms with Crippen LogP contribution in [0.5, 0.6) is 11.5 Å². The lowest BCUT2D eigenvalue weighted by Crippen LogP contribution is -1.92. The number of non-ortho nitro benzene ring substituents is 1. The summed E-state index contributed by atoms with van der Waals surface area (Å²) in [5.74, 6) is 0.410. The van der Waals surface area contributed by atoms with Gasteiger partial charge < -0.3 is 9.84 Å². The number of rotatable bonds is 5. The van der Waals surface area contributed by atoms with Crippen LogP contribution in [0.25, 0.3) is 0 Å². The lowest BCUT2D eigenvalue weighted by Gasteiger charge is -2.03. The second-order valence-corrected chi connectivity index (χ2v) is 4.11. The number of nitro benzene ring substituents is 1. The van der Waals surface area contributed by atoms with Crippen LogP contribution in [0.2, 0.25) is 0 Å². The first-order chi connectivity index (χ1) is 10.1. The van der Waals surface area contributed by atoms with Crippen molar-refractivity contribution >= 4 is 17.6 Å². The highest BCUT2D eigenvalue weighted by Crippen LogP contribution is 2.25. The van der Waals surface area contributed by atoms with Crippen molar-refractivity contribution in [2.24, 2.45) is 5.10 Å². The van der Waals surface area contributed by atoms with Gasteiger partial charge in [0.1, 0.15) is 0 Å². The maximum absolute atomic E-state index is 10.5. The third-order valence-electron chi connectivity index (χ3n) is 2.69. The van der Waals surface area contributed by atoms with E-state index in [0.717, 1.165) is 5.56 Å². The molecule has 2 aromatic rings. The van der Waals surface area contributed by atoms with Gasteiger partial charge in [0.15, 0.2) is 11.5 Å². The molecular formula is C14H13N3O4. The zero-order valence-electron chi connectivity index (χ0n) is 11.2. The molecule has 7 nitrogen and oxygen atoms in total. The molecule has 0 saturated carbocycles. The third kappa shape index (κ3) is 3.69. The molecule has 0 aliphatic heterocycles. The summed E-state index contributed by atoms with van der Waals surface area (Å²) in [6.45, 7) is 0. The number of benzene rings is 2. The van der Waals surface area contributed by atoms with E-state index in [1.54, 1.807) is 30.5 Å². The number of aromatic hydroxyl groups is 1. The summed E-state index contributed by atoms with van der Waals surface area (Å²) < 4.78 is 4.99. The summed E-state index contributed by atoms with van der Waals surface area (Å²) in [6.07, 6.45) is 1.55. The van der Waals surface area contributed by atoms with Crippen LogP contribution < -0.4 is 10.2 Å². The quantitative estimate of drug-likeness (QED) is 0.500. The van der Waals surface area contributed by atoms with Crippen molar-refractivity contribution in [3.63, 3.8) is 0 Å². The van der Waals surface area contributed by atoms with E-state index < -0.39 is 4.92 Å². The van der Waals surface area contributed by atoms with Gasteiger partial charge in [-0.2, -0.15) is 5.10 Å². The second-order valence-electron chi connectivity index (χ2n) is 4.11. The number of ether oxygens (including phenoxy) is 1. The predicted molar refractivity (Wildman–Crippen MR) is 79.0 cm³/mol. The van der Waals surface area contributed by atoms with Crippen molar-refractivity contribution in [2.45, 2.75) is 0 Å². The van der Waals surface area contributed by atoms with Crippen molar-refractivity contribution < 1.29 is 14.8 Å². The lowest BCUT2D eigenvalue weighted by atomic mass is 10.2. The van der Waals surface area contributed by atoms with Crippen molar-refractivity contribution in [1.82, 2.24) is 0 Å². The Kier molecular flexibility index (Phi) is 4.35. The minimum Gasteiger partial charge on any atom is -0.504 e. The highest BCUT2D eigenvalue weighted by molar-refractivity contribution is 5.81. The summed E-state index contributed by atoms with van der Waals surface area (Å²) in [4.78, 5) is 10.1. The number of nitrogens with one attached hydrogen (secondary N) is 1. The Balaban J connectivity index is 2.03. The van der Waals surface area contributed by atoms with E-state index in [1.165, 1.54) is 25.3 Å². The van der Waals surface area contributed by atoms with Gasteiger partial charge in [0, 0.05) is 12.1 Å². The number of phenols is 1. The van der Waals surface area contributed by atoms with Gasteiger partial charge in [-0.05, 0) is 35.9 Å². The highest BCUT2D eigenvalue weighted by atomic mass is 16.6. The van der Waals surface area contributed by atoms with E-state index in [0.29, 0.717) is 11.4 Å². The zero-order valence-corrected chi connectivity index (χ0v) is 11.2. The molecule has 2 aromatic carbocycles. The largest absolute Gasteiger partial charge is 0.504 e. The maximum Gasteiger partial charge on any atom is 0.269 e. The maximum atomic E-state index is 10.5. The number of nitro groups is 1. The molecular weight excluding hydrogens is 274 g/mol. The van der Waals surface area contributed by atoms with Crippen molar-refractivity contribution in [3.05, 3.63) is 58.1 Å². The molecule has 0 aliphatic carbocycles. The van der Waals surface area contributed by atoms with Crippen molar-refractivity contribution in [2.75, 3.05) is 12.5 Å². The molecule has 108 valence electrons. The normalized spacial score (nSPS) is 10.5. The number of anilines is 1. The fourth-order valence-corrected chi connectivity index (χ4v) is 1.61. The van der Waals surface area contributed by atoms with E-state index in [1.807, 2.05) is 0 Å². The number of hydrazone groups is 1. The Morgan fingerprint density at radius 3 is 2.62 bits per heavy atom. The minimum absolute atomic E-state index is 0.0211. The fraction of sp³-hybridized carbons (Fsp3) is 0.0714. The third-order valence-corrected chi connectivity index (χ3v) is 2.69. The van der Waals surface area contributed by atoms with Crippen molar-refractivity contribution in [1.29, 1.82) is 0 Å². The predicted octanol–water partition coefficient (Wildman–Crippen LogP) is 2.76. The van der Waals surface area contributed by atoms with Crippen LogP contribution in [-0.4, -0.2) is 23.4 Å². The molecule has 0 bridgehead atoms. The van der Waals surface area contributed by atoms with Crippen LogP contribution in [-0.2, 0) is 0 Å². The molecule has 0 amide bonds. The average molecular weight is 287 g/mol. The molecule has 2 rings (SSSR count). The van der Waals surface area contributed by atoms with Gasteiger partial charge in [0.2, 0.25) is 0 Å². The molecule has 0 atom stereocenters. The zero-order chi connectivity index (χ0) is 15.2. The molecule has 0 aliphatic rings. The molecule has 21 heavy (non-hydrogen) atoms. The first-order valence-electron chi connectivity index (χ1n) is 6.00. The number of nitrogens with zero attached hydrogens (tertiary/aromatic N) is 2. The number of phenolic OH excluding ortho intramolecular Hbond substituents is 1. The van der Waals surface area contributed by atoms with Crippen molar-refractivity contribution in [3.8, 4) is 11.5 Å². The number of methoxy groups -OCH3 is 1. The van der Waals surface area contributed by atoms with Crippen LogP contribution in [0.4, 0.5) is 11.4 Å². The Bertz CT molecular complexity index is 668. The molecule has 0 radical (unpaired) electrons. The summed E-state index contributed by atoms with van der Waals surface area (Å²) in [7, 11) is 1.46. The highest BCUT2D eigenvalue weighted by Gasteiger charge is 2.03. The van der Waals surface area contributed by atoms with Gasteiger partial charge in [0.25, 0.3) is 5.69 Å². The van der Waals surface area contributed by atoms with E-state index in [2.05, 4.69) is 10.5 Å². The van der Waals surface area contributed by atoms with Crippen LogP contribution in [0.1, 0.15) is 5.56 Å². The Labute approximate surface area is 120 Å². The van der Waals surface area contributed by atoms with Crippen LogP contribution in [0.3, 0.4) is 0 Å². The average Bonchev–Trinajstić information content (AvgIpc) is 2.49. The first kappa shape index (κ1) is 14.3. The van der Waals surface area contributed by atoms with Gasteiger partial charge in [-0.25, -0.2) is 0 Å². The Morgan fingerprint density at radius 2 is 2.00 bits per heavy atom. The molecule has 7 heteroatoms. The van der Waals surface area contributed by atoms with Gasteiger partial charge in [-0.15, -0.1) is 0 Å². The number of hydrogen-bond donors (Lipinski definition) is 2. The molecule has 0 aromatic heterocycles. The van der Waals surface area contributed by atoms with Crippen LogP contribution in [0.15, 0.2) is 47.6 Å². The van der Waals surface area contributed by atoms with Crippen LogP contribution in [0, 0.1) is 10.1 Å². The molecule has 0 heterocycles. The van der Waals surface area contributed by atoms with E-state index in [4.69, 9.17) is 4.74 Å². The summed E-state index contributed by atoms with van der Waals surface area (Å²) in [5.41, 5.74) is 4.14. The number of hydrogen-bond acceptors (Lipinski definition) is 6. The SMILES string of the molecule is COc1cc(/C=N\Nc2ccc([N+](=O)[O-])cc2)ccc1O. The first-order valence-corrected chi connectivity index (χ1v) is 6.00. The molecule has 0 saturated heterocycles. The van der Waals surface area contributed by atoms with Gasteiger partial charge >= 0.3 is 0 Å². The monoisotopic (exact) mass is 287 g/mol. The molecule has 2 N–H and O–H groups in total. The van der Waals surface area contributed by atoms with Gasteiger partial charge in [-0.1, -0.05) is 0 Å². The second kappa shape index (κ2) is 6.38. The van der Waals surface area contributed by atoms with E-state index in [9.17, 15) is 15.2 Å². The molecule has 0 unspecified atom stereocenters. The Morgan fingerprint density at radius 1 is 1.29 bits per heavy atom. The standard InChI is InChI=1S/C14H13N3O4/c1-21-14-8-10(2-7-13(14)18)9-15-16-11-3-5-12(6-4-11)17(19)20/h2-9,16,18H,1H3/b15-9-. The lowest BCUT2D eigenvalue weighted by molar-refractivity contribution is -0.384.